The van der Waals surface area contributed by atoms with Crippen molar-refractivity contribution in [3.63, 3.8) is 0 Å². The molecule has 24 heavy (non-hydrogen) atoms. The van der Waals surface area contributed by atoms with Crippen molar-refractivity contribution >= 4 is 33.4 Å². The fourth-order valence-electron chi connectivity index (χ4n) is 3.24. The summed E-state index contributed by atoms with van der Waals surface area (Å²) < 4.78 is 0. The molecule has 1 aromatic carbocycles. The van der Waals surface area contributed by atoms with Gasteiger partial charge in [-0.05, 0) is 36.6 Å². The summed E-state index contributed by atoms with van der Waals surface area (Å²) in [5.74, 6) is 0.846. The Morgan fingerprint density at radius 1 is 1.17 bits per heavy atom. The normalized spacial score (nSPS) is 11.4. The molecule has 0 bridgehead atoms. The van der Waals surface area contributed by atoms with Crippen LogP contribution in [0.15, 0.2) is 30.7 Å². The number of aromatic nitrogens is 5. The minimum absolute atomic E-state index is 0.846. The molecule has 4 aromatic rings. The quantitative estimate of drug-likeness (QED) is 0.517. The molecule has 0 radical (unpaired) electrons. The predicted molar refractivity (Wildman–Crippen MR) is 96.6 cm³/mol. The van der Waals surface area contributed by atoms with E-state index < -0.39 is 0 Å². The molecule has 122 valence electrons. The first-order valence-electron chi connectivity index (χ1n) is 8.34. The fraction of sp³-hybridized carbons (Fsp3) is 0.278. The lowest BCUT2D eigenvalue weighted by molar-refractivity contribution is 0.876. The lowest BCUT2D eigenvalue weighted by atomic mass is 10.1. The average Bonchev–Trinajstić information content (AvgIpc) is 3.19. The Labute approximate surface area is 139 Å². The van der Waals surface area contributed by atoms with Gasteiger partial charge in [-0.15, -0.1) is 0 Å². The average molecular weight is 320 g/mol. The van der Waals surface area contributed by atoms with Gasteiger partial charge in [-0.25, -0.2) is 9.97 Å². The minimum atomic E-state index is 0.846. The Morgan fingerprint density at radius 3 is 2.92 bits per heavy atom. The van der Waals surface area contributed by atoms with Gasteiger partial charge in [0.2, 0.25) is 0 Å². The Bertz CT molecular complexity index is 997. The maximum atomic E-state index is 4.49. The number of hydrogen-bond acceptors (Lipinski definition) is 4. The van der Waals surface area contributed by atoms with Crippen LogP contribution in [-0.2, 0) is 12.8 Å². The van der Waals surface area contributed by atoms with E-state index in [4.69, 9.17) is 0 Å². The summed E-state index contributed by atoms with van der Waals surface area (Å²) in [5.41, 5.74) is 5.49. The molecule has 0 amide bonds. The maximum Gasteiger partial charge on any atom is 0.143 e. The van der Waals surface area contributed by atoms with Gasteiger partial charge in [-0.2, -0.15) is 5.10 Å². The molecule has 3 aromatic heterocycles. The molecular formula is C18H20N6. The molecule has 6 nitrogen and oxygen atoms in total. The molecule has 0 unspecified atom stereocenters. The molecule has 3 N–H and O–H groups in total. The van der Waals surface area contributed by atoms with Crippen molar-refractivity contribution in [1.29, 1.82) is 0 Å². The van der Waals surface area contributed by atoms with Gasteiger partial charge >= 0.3 is 0 Å². The number of anilines is 2. The zero-order valence-corrected chi connectivity index (χ0v) is 13.8. The topological polar surface area (TPSA) is 82.3 Å². The first kappa shape index (κ1) is 14.7. The van der Waals surface area contributed by atoms with E-state index in [0.29, 0.717) is 0 Å². The predicted octanol–water partition coefficient (Wildman–Crippen LogP) is 4.09. The van der Waals surface area contributed by atoms with Gasteiger partial charge in [0.1, 0.15) is 17.8 Å². The van der Waals surface area contributed by atoms with Crippen LogP contribution < -0.4 is 5.32 Å². The number of nitrogens with zero attached hydrogens (tertiary/aromatic N) is 3. The van der Waals surface area contributed by atoms with Crippen LogP contribution in [0.1, 0.15) is 31.5 Å². The molecule has 6 heteroatoms. The van der Waals surface area contributed by atoms with Gasteiger partial charge in [0, 0.05) is 16.8 Å². The largest absolute Gasteiger partial charge is 0.343 e. The minimum Gasteiger partial charge on any atom is -0.343 e. The van der Waals surface area contributed by atoms with E-state index in [-0.39, 0.29) is 0 Å². The van der Waals surface area contributed by atoms with Crippen molar-refractivity contribution in [2.24, 2.45) is 0 Å². The lowest BCUT2D eigenvalue weighted by Crippen LogP contribution is -1.96. The lowest BCUT2D eigenvalue weighted by Gasteiger charge is -2.08. The van der Waals surface area contributed by atoms with Crippen LogP contribution in [0.2, 0.25) is 0 Å². The van der Waals surface area contributed by atoms with Gasteiger partial charge in [-0.1, -0.05) is 20.3 Å². The molecule has 0 atom stereocenters. The van der Waals surface area contributed by atoms with E-state index in [1.165, 1.54) is 11.3 Å². The molecule has 0 saturated carbocycles. The highest BCUT2D eigenvalue weighted by molar-refractivity contribution is 5.94. The van der Waals surface area contributed by atoms with Crippen LogP contribution in [0.4, 0.5) is 11.5 Å². The Kier molecular flexibility index (Phi) is 3.65. The Hall–Kier alpha value is -2.89. The van der Waals surface area contributed by atoms with Gasteiger partial charge in [0.05, 0.1) is 17.1 Å². The van der Waals surface area contributed by atoms with Gasteiger partial charge in [0.15, 0.2) is 0 Å². The summed E-state index contributed by atoms with van der Waals surface area (Å²) >= 11 is 0. The van der Waals surface area contributed by atoms with Gasteiger partial charge < -0.3 is 10.3 Å². The van der Waals surface area contributed by atoms with E-state index in [9.17, 15) is 0 Å². The highest BCUT2D eigenvalue weighted by atomic mass is 15.1. The number of hydrogen-bond donors (Lipinski definition) is 3. The van der Waals surface area contributed by atoms with Gasteiger partial charge in [-0.3, -0.25) is 5.10 Å². The second-order valence-electron chi connectivity index (χ2n) is 5.93. The smallest absolute Gasteiger partial charge is 0.143 e. The third-order valence-electron chi connectivity index (χ3n) is 4.34. The number of nitrogens with one attached hydrogen (secondary N) is 3. The number of rotatable bonds is 5. The zero-order chi connectivity index (χ0) is 16.5. The zero-order valence-electron chi connectivity index (χ0n) is 13.8. The number of aromatic amines is 2. The van der Waals surface area contributed by atoms with E-state index >= 15 is 0 Å². The SMILES string of the molecule is CCCc1[nH]c2ncnc(Nc3ccc4[nH]ncc4c3)c2c1CC. The number of benzene rings is 1. The molecule has 4 rings (SSSR count). The first-order chi connectivity index (χ1) is 11.8. The molecule has 0 aliphatic rings. The van der Waals surface area contributed by atoms with Crippen molar-refractivity contribution in [2.45, 2.75) is 33.1 Å². The Balaban J connectivity index is 1.80. The van der Waals surface area contributed by atoms with E-state index in [1.807, 2.05) is 18.3 Å². The summed E-state index contributed by atoms with van der Waals surface area (Å²) in [4.78, 5) is 12.4. The standard InChI is InChI=1S/C18H20N6/c1-3-5-15-13(4-2)16-17(19-10-20-18(16)23-15)22-12-6-7-14-11(8-12)9-21-24-14/h6-10H,3-5H2,1-2H3,(H,21,24)(H2,19,20,22,23). The molecule has 0 aliphatic carbocycles. The summed E-state index contributed by atoms with van der Waals surface area (Å²) in [5, 5.41) is 12.6. The first-order valence-corrected chi connectivity index (χ1v) is 8.34. The molecular weight excluding hydrogens is 300 g/mol. The number of fused-ring (bicyclic) bond motifs is 2. The monoisotopic (exact) mass is 320 g/mol. The Morgan fingerprint density at radius 2 is 2.08 bits per heavy atom. The van der Waals surface area contributed by atoms with Crippen molar-refractivity contribution in [2.75, 3.05) is 5.32 Å². The van der Waals surface area contributed by atoms with Crippen LogP contribution in [0, 0.1) is 0 Å². The van der Waals surface area contributed by atoms with Gasteiger partial charge in [0.25, 0.3) is 0 Å². The van der Waals surface area contributed by atoms with Crippen molar-refractivity contribution in [3.05, 3.63) is 42.0 Å². The van der Waals surface area contributed by atoms with Crippen LogP contribution in [0.25, 0.3) is 21.9 Å². The highest BCUT2D eigenvalue weighted by Crippen LogP contribution is 2.30. The second-order valence-corrected chi connectivity index (χ2v) is 5.93. The van der Waals surface area contributed by atoms with E-state index in [0.717, 1.165) is 52.7 Å². The molecule has 0 aliphatic heterocycles. The molecule has 3 heterocycles. The van der Waals surface area contributed by atoms with Crippen molar-refractivity contribution < 1.29 is 0 Å². The van der Waals surface area contributed by atoms with Crippen molar-refractivity contribution in [3.8, 4) is 0 Å². The van der Waals surface area contributed by atoms with Crippen molar-refractivity contribution in [1.82, 2.24) is 25.1 Å². The molecule has 0 spiro atoms. The summed E-state index contributed by atoms with van der Waals surface area (Å²) in [7, 11) is 0. The number of aryl methyl sites for hydroxylation is 2. The molecule has 0 fully saturated rings. The van der Waals surface area contributed by atoms with Crippen LogP contribution >= 0.6 is 0 Å². The van der Waals surface area contributed by atoms with Crippen LogP contribution in [-0.4, -0.2) is 25.1 Å². The molecule has 0 saturated heterocycles. The maximum absolute atomic E-state index is 4.49. The van der Waals surface area contributed by atoms with Crippen LogP contribution in [0.3, 0.4) is 0 Å². The third-order valence-corrected chi connectivity index (χ3v) is 4.34. The highest BCUT2D eigenvalue weighted by Gasteiger charge is 2.15. The number of H-pyrrole nitrogens is 2. The van der Waals surface area contributed by atoms with Crippen LogP contribution in [0.5, 0.6) is 0 Å². The second kappa shape index (κ2) is 5.96. The summed E-state index contributed by atoms with van der Waals surface area (Å²) in [6.45, 7) is 4.37. The van der Waals surface area contributed by atoms with E-state index in [2.05, 4.69) is 50.4 Å². The third kappa shape index (κ3) is 2.40. The fourth-order valence-corrected chi connectivity index (χ4v) is 3.24. The summed E-state index contributed by atoms with van der Waals surface area (Å²) in [6.07, 6.45) is 6.52. The summed E-state index contributed by atoms with van der Waals surface area (Å²) in [6, 6.07) is 6.11. The van der Waals surface area contributed by atoms with E-state index in [1.54, 1.807) is 6.33 Å².